The van der Waals surface area contributed by atoms with Gasteiger partial charge in [-0.2, -0.15) is 5.10 Å². The van der Waals surface area contributed by atoms with Crippen molar-refractivity contribution in [1.29, 1.82) is 0 Å². The molecule has 2 rings (SSSR count). The number of hydrogen-bond acceptors (Lipinski definition) is 6. The number of rotatable bonds is 9. The fraction of sp³-hybridized carbons (Fsp3) is 0.273. The van der Waals surface area contributed by atoms with Gasteiger partial charge in [-0.3, -0.25) is 14.4 Å². The molecular weight excluding hydrogens is 480 g/mol. The van der Waals surface area contributed by atoms with Crippen LogP contribution in [0, 0.1) is 0 Å². The van der Waals surface area contributed by atoms with Crippen molar-refractivity contribution in [2.75, 3.05) is 25.6 Å². The summed E-state index contributed by atoms with van der Waals surface area (Å²) in [4.78, 5) is 34.9. The van der Waals surface area contributed by atoms with Gasteiger partial charge in [-0.1, -0.05) is 19.1 Å². The topological polar surface area (TPSA) is 118 Å². The maximum absolute atomic E-state index is 12.3. The van der Waals surface area contributed by atoms with E-state index < -0.39 is 11.8 Å². The lowest BCUT2D eigenvalue weighted by atomic mass is 10.1. The molecule has 0 radical (unpaired) electrons. The first kappa shape index (κ1) is 24.9. The summed E-state index contributed by atoms with van der Waals surface area (Å²) in [5.41, 5.74) is 4.56. The number of amides is 3. The van der Waals surface area contributed by atoms with Crippen LogP contribution in [0.2, 0.25) is 0 Å². The summed E-state index contributed by atoms with van der Waals surface area (Å²) in [6.07, 6.45) is 2.28. The third kappa shape index (κ3) is 7.38. The molecule has 0 heterocycles. The first-order valence-electron chi connectivity index (χ1n) is 9.90. The third-order valence-electron chi connectivity index (χ3n) is 4.14. The van der Waals surface area contributed by atoms with Crippen LogP contribution in [-0.4, -0.2) is 44.2 Å². The Bertz CT molecular complexity index is 993. The standard InChI is InChI=1S/C22H25BrN4O5/c1-4-14-6-8-16(9-7-14)26-19(28)13-32-20-17(23)10-15(11-18(20)31-5-2)12-25-27-22(30)21(29)24-3/h6-12H,4-5,13H2,1-3H3,(H,24,29)(H,26,28)(H,27,30)/b25-12-. The zero-order valence-corrected chi connectivity index (χ0v) is 19.6. The highest BCUT2D eigenvalue weighted by molar-refractivity contribution is 9.10. The summed E-state index contributed by atoms with van der Waals surface area (Å²) in [6.45, 7) is 4.03. The van der Waals surface area contributed by atoms with Crippen molar-refractivity contribution >= 4 is 45.6 Å². The number of nitrogens with zero attached hydrogens (tertiary/aromatic N) is 1. The van der Waals surface area contributed by atoms with Crippen molar-refractivity contribution in [3.63, 3.8) is 0 Å². The van der Waals surface area contributed by atoms with Crippen LogP contribution in [0.5, 0.6) is 11.5 Å². The molecule has 3 N–H and O–H groups in total. The fourth-order valence-corrected chi connectivity index (χ4v) is 3.13. The molecule has 0 aromatic heterocycles. The van der Waals surface area contributed by atoms with E-state index in [1.807, 2.05) is 31.2 Å². The van der Waals surface area contributed by atoms with E-state index in [0.717, 1.165) is 6.42 Å². The number of hydrazone groups is 1. The monoisotopic (exact) mass is 504 g/mol. The molecule has 9 nitrogen and oxygen atoms in total. The number of halogens is 1. The molecule has 0 atom stereocenters. The number of ether oxygens (including phenoxy) is 2. The van der Waals surface area contributed by atoms with Crippen molar-refractivity contribution in [3.05, 3.63) is 52.0 Å². The Kier molecular flexibility index (Phi) is 9.68. The van der Waals surface area contributed by atoms with Crippen molar-refractivity contribution in [2.45, 2.75) is 20.3 Å². The van der Waals surface area contributed by atoms with Gasteiger partial charge in [-0.05, 0) is 64.7 Å². The van der Waals surface area contributed by atoms with E-state index in [1.54, 1.807) is 12.1 Å². The predicted molar refractivity (Wildman–Crippen MR) is 125 cm³/mol. The van der Waals surface area contributed by atoms with E-state index in [1.165, 1.54) is 18.8 Å². The van der Waals surface area contributed by atoms with Crippen LogP contribution in [0.1, 0.15) is 25.0 Å². The number of anilines is 1. The first-order valence-corrected chi connectivity index (χ1v) is 10.7. The minimum absolute atomic E-state index is 0.218. The molecule has 0 unspecified atom stereocenters. The molecule has 0 aliphatic carbocycles. The van der Waals surface area contributed by atoms with E-state index in [4.69, 9.17) is 9.47 Å². The van der Waals surface area contributed by atoms with Crippen molar-refractivity contribution in [3.8, 4) is 11.5 Å². The third-order valence-corrected chi connectivity index (χ3v) is 4.73. The van der Waals surface area contributed by atoms with Gasteiger partial charge in [0, 0.05) is 12.7 Å². The highest BCUT2D eigenvalue weighted by Gasteiger charge is 2.14. The van der Waals surface area contributed by atoms with E-state index in [2.05, 4.69) is 44.0 Å². The van der Waals surface area contributed by atoms with Gasteiger partial charge in [0.25, 0.3) is 5.91 Å². The van der Waals surface area contributed by atoms with Crippen LogP contribution in [0.3, 0.4) is 0 Å². The predicted octanol–water partition coefficient (Wildman–Crippen LogP) is 2.62. The molecule has 0 bridgehead atoms. The van der Waals surface area contributed by atoms with Gasteiger partial charge >= 0.3 is 11.8 Å². The summed E-state index contributed by atoms with van der Waals surface area (Å²) in [6, 6.07) is 10.9. The van der Waals surface area contributed by atoms with Crippen LogP contribution < -0.4 is 25.5 Å². The number of hydrogen-bond donors (Lipinski definition) is 3. The van der Waals surface area contributed by atoms with Crippen molar-refractivity contribution in [2.24, 2.45) is 5.10 Å². The van der Waals surface area contributed by atoms with Gasteiger partial charge in [0.2, 0.25) is 0 Å². The zero-order chi connectivity index (χ0) is 23.5. The van der Waals surface area contributed by atoms with Crippen LogP contribution >= 0.6 is 15.9 Å². The van der Waals surface area contributed by atoms with Gasteiger partial charge in [0.05, 0.1) is 17.3 Å². The summed E-state index contributed by atoms with van der Waals surface area (Å²) in [5.74, 6) is -1.26. The average Bonchev–Trinajstić information content (AvgIpc) is 2.78. The van der Waals surface area contributed by atoms with Gasteiger partial charge in [-0.25, -0.2) is 5.43 Å². The molecular formula is C22H25BrN4O5. The fourth-order valence-electron chi connectivity index (χ4n) is 2.55. The van der Waals surface area contributed by atoms with Gasteiger partial charge in [0.15, 0.2) is 18.1 Å². The van der Waals surface area contributed by atoms with Gasteiger partial charge in [0.1, 0.15) is 0 Å². The number of aryl methyl sites for hydroxylation is 1. The lowest BCUT2D eigenvalue weighted by molar-refractivity contribution is -0.138. The SMILES string of the molecule is CCOc1cc(/C=N\NC(=O)C(=O)NC)cc(Br)c1OCC(=O)Nc1ccc(CC)cc1. The number of nitrogens with one attached hydrogen (secondary N) is 3. The summed E-state index contributed by atoms with van der Waals surface area (Å²) >= 11 is 3.41. The lowest BCUT2D eigenvalue weighted by Crippen LogP contribution is -2.35. The molecule has 0 spiro atoms. The molecule has 0 aliphatic rings. The largest absolute Gasteiger partial charge is 0.490 e. The van der Waals surface area contributed by atoms with Crippen molar-refractivity contribution in [1.82, 2.24) is 10.7 Å². The van der Waals surface area contributed by atoms with E-state index >= 15 is 0 Å². The maximum atomic E-state index is 12.3. The summed E-state index contributed by atoms with van der Waals surface area (Å²) < 4.78 is 11.8. The average molecular weight is 505 g/mol. The van der Waals surface area contributed by atoms with E-state index in [9.17, 15) is 14.4 Å². The Morgan fingerprint density at radius 3 is 2.41 bits per heavy atom. The number of benzene rings is 2. The molecule has 32 heavy (non-hydrogen) atoms. The molecule has 3 amide bonds. The van der Waals surface area contributed by atoms with Crippen LogP contribution in [-0.2, 0) is 20.8 Å². The molecule has 0 saturated carbocycles. The molecule has 0 fully saturated rings. The molecule has 0 saturated heterocycles. The second-order valence-corrected chi connectivity index (χ2v) is 7.28. The number of carbonyl (C=O) groups excluding carboxylic acids is 3. The Morgan fingerprint density at radius 2 is 1.78 bits per heavy atom. The highest BCUT2D eigenvalue weighted by atomic mass is 79.9. The Labute approximate surface area is 194 Å². The quantitative estimate of drug-likeness (QED) is 0.275. The molecule has 2 aromatic rings. The molecule has 2 aromatic carbocycles. The van der Waals surface area contributed by atoms with E-state index in [-0.39, 0.29) is 12.5 Å². The number of carbonyl (C=O) groups is 3. The smallest absolute Gasteiger partial charge is 0.329 e. The van der Waals surface area contributed by atoms with Crippen molar-refractivity contribution < 1.29 is 23.9 Å². The minimum Gasteiger partial charge on any atom is -0.490 e. The lowest BCUT2D eigenvalue weighted by Gasteiger charge is -2.14. The number of likely N-dealkylation sites (N-methyl/N-ethyl adjacent to an activating group) is 1. The first-order chi connectivity index (χ1) is 15.4. The second kappa shape index (κ2) is 12.5. The Morgan fingerprint density at radius 1 is 1.06 bits per heavy atom. The van der Waals surface area contributed by atoms with Gasteiger partial charge < -0.3 is 20.1 Å². The summed E-state index contributed by atoms with van der Waals surface area (Å²) in [7, 11) is 1.35. The van der Waals surface area contributed by atoms with Crippen LogP contribution in [0.25, 0.3) is 0 Å². The Balaban J connectivity index is 2.05. The maximum Gasteiger partial charge on any atom is 0.329 e. The van der Waals surface area contributed by atoms with Crippen LogP contribution in [0.4, 0.5) is 5.69 Å². The van der Waals surface area contributed by atoms with Gasteiger partial charge in [-0.15, -0.1) is 0 Å². The zero-order valence-electron chi connectivity index (χ0n) is 18.0. The minimum atomic E-state index is -0.886. The van der Waals surface area contributed by atoms with Crippen LogP contribution in [0.15, 0.2) is 46.0 Å². The Hall–Kier alpha value is -3.40. The summed E-state index contributed by atoms with van der Waals surface area (Å²) in [5, 5.41) is 8.73. The second-order valence-electron chi connectivity index (χ2n) is 6.43. The normalized spacial score (nSPS) is 10.5. The molecule has 10 heteroatoms. The van der Waals surface area contributed by atoms with E-state index in [0.29, 0.717) is 33.8 Å². The molecule has 170 valence electrons. The highest BCUT2D eigenvalue weighted by Crippen LogP contribution is 2.36. The molecule has 0 aliphatic heterocycles.